The minimum absolute atomic E-state index is 0.124. The number of ketones is 1. The molecule has 2 aromatic rings. The van der Waals surface area contributed by atoms with Crippen molar-refractivity contribution >= 4 is 17.4 Å². The van der Waals surface area contributed by atoms with E-state index in [0.717, 1.165) is 18.2 Å². The maximum Gasteiger partial charge on any atom is 0.167 e. The lowest BCUT2D eigenvalue weighted by atomic mass is 10.0. The van der Waals surface area contributed by atoms with E-state index in [-0.39, 0.29) is 22.6 Å². The third kappa shape index (κ3) is 3.35. The van der Waals surface area contributed by atoms with E-state index in [1.54, 1.807) is 0 Å². The molecule has 0 spiro atoms. The molecule has 5 heteroatoms. The highest BCUT2D eigenvalue weighted by Crippen LogP contribution is 2.17. The van der Waals surface area contributed by atoms with E-state index in [1.807, 2.05) is 0 Å². The summed E-state index contributed by atoms with van der Waals surface area (Å²) in [7, 11) is 0. The Labute approximate surface area is 112 Å². The van der Waals surface area contributed by atoms with E-state index >= 15 is 0 Å². The summed E-state index contributed by atoms with van der Waals surface area (Å²) in [6.07, 6.45) is -0.286. The largest absolute Gasteiger partial charge is 0.294 e. The second-order valence-electron chi connectivity index (χ2n) is 3.99. The quantitative estimate of drug-likeness (QED) is 0.773. The van der Waals surface area contributed by atoms with Crippen molar-refractivity contribution in [1.29, 1.82) is 0 Å². The van der Waals surface area contributed by atoms with Crippen molar-refractivity contribution in [2.24, 2.45) is 0 Å². The molecule has 2 rings (SSSR count). The van der Waals surface area contributed by atoms with E-state index in [2.05, 4.69) is 0 Å². The molecular formula is C14H8ClF3O. The number of benzene rings is 2. The van der Waals surface area contributed by atoms with Crippen LogP contribution in [0.15, 0.2) is 36.4 Å². The fourth-order valence-electron chi connectivity index (χ4n) is 1.65. The molecule has 0 aliphatic heterocycles. The van der Waals surface area contributed by atoms with Crippen LogP contribution >= 0.6 is 11.6 Å². The Balaban J connectivity index is 2.25. The van der Waals surface area contributed by atoms with E-state index in [1.165, 1.54) is 12.1 Å². The zero-order chi connectivity index (χ0) is 14.0. The van der Waals surface area contributed by atoms with E-state index in [0.29, 0.717) is 6.07 Å². The zero-order valence-corrected chi connectivity index (χ0v) is 10.3. The third-order valence-corrected chi connectivity index (χ3v) is 2.79. The maximum absolute atomic E-state index is 13.5. The number of hydrogen-bond acceptors (Lipinski definition) is 1. The molecule has 0 unspecified atom stereocenters. The predicted octanol–water partition coefficient (Wildman–Crippen LogP) is 4.18. The molecule has 0 N–H and O–H groups in total. The van der Waals surface area contributed by atoms with Crippen molar-refractivity contribution in [2.45, 2.75) is 6.42 Å². The number of carbonyl (C=O) groups excluding carboxylic acids is 1. The maximum atomic E-state index is 13.5. The lowest BCUT2D eigenvalue weighted by Crippen LogP contribution is -2.06. The van der Waals surface area contributed by atoms with Crippen LogP contribution in [0.2, 0.25) is 5.02 Å². The first-order chi connectivity index (χ1) is 8.95. The highest BCUT2D eigenvalue weighted by molar-refractivity contribution is 6.30. The van der Waals surface area contributed by atoms with Crippen molar-refractivity contribution in [2.75, 3.05) is 0 Å². The van der Waals surface area contributed by atoms with Gasteiger partial charge in [0.15, 0.2) is 5.78 Å². The average molecular weight is 285 g/mol. The fraction of sp³-hybridized carbons (Fsp3) is 0.0714. The van der Waals surface area contributed by atoms with Gasteiger partial charge in [-0.2, -0.15) is 0 Å². The van der Waals surface area contributed by atoms with Crippen LogP contribution in [0.25, 0.3) is 0 Å². The molecule has 0 aromatic heterocycles. The van der Waals surface area contributed by atoms with Crippen LogP contribution in [0.5, 0.6) is 0 Å². The van der Waals surface area contributed by atoms with E-state index < -0.39 is 23.2 Å². The lowest BCUT2D eigenvalue weighted by molar-refractivity contribution is 0.0991. The fourth-order valence-corrected chi connectivity index (χ4v) is 1.81. The SMILES string of the molecule is O=C(Cc1ccc(Cl)cc1F)c1cc(F)cc(F)c1. The van der Waals surface area contributed by atoms with Gasteiger partial charge in [0.25, 0.3) is 0 Å². The van der Waals surface area contributed by atoms with Gasteiger partial charge >= 0.3 is 0 Å². The second-order valence-corrected chi connectivity index (χ2v) is 4.43. The highest BCUT2D eigenvalue weighted by Gasteiger charge is 2.13. The number of Topliss-reactive ketones (excluding diaryl/α,β-unsaturated/α-hetero) is 1. The van der Waals surface area contributed by atoms with Gasteiger partial charge in [-0.05, 0) is 29.8 Å². The normalized spacial score (nSPS) is 10.5. The van der Waals surface area contributed by atoms with Crippen molar-refractivity contribution in [3.05, 3.63) is 70.0 Å². The number of rotatable bonds is 3. The van der Waals surface area contributed by atoms with Crippen molar-refractivity contribution < 1.29 is 18.0 Å². The Morgan fingerprint density at radius 1 is 1.00 bits per heavy atom. The van der Waals surface area contributed by atoms with Crippen molar-refractivity contribution in [3.8, 4) is 0 Å². The molecule has 19 heavy (non-hydrogen) atoms. The van der Waals surface area contributed by atoms with Crippen molar-refractivity contribution in [1.82, 2.24) is 0 Å². The van der Waals surface area contributed by atoms with Crippen LogP contribution in [-0.4, -0.2) is 5.78 Å². The minimum Gasteiger partial charge on any atom is -0.294 e. The van der Waals surface area contributed by atoms with Crippen LogP contribution in [0.1, 0.15) is 15.9 Å². The topological polar surface area (TPSA) is 17.1 Å². The molecule has 0 aliphatic carbocycles. The molecular weight excluding hydrogens is 277 g/mol. The molecule has 0 aliphatic rings. The van der Waals surface area contributed by atoms with Gasteiger partial charge in [0, 0.05) is 23.1 Å². The van der Waals surface area contributed by atoms with Crippen LogP contribution in [0.3, 0.4) is 0 Å². The smallest absolute Gasteiger partial charge is 0.167 e. The summed E-state index contributed by atoms with van der Waals surface area (Å²) < 4.78 is 39.5. The van der Waals surface area contributed by atoms with Crippen molar-refractivity contribution in [3.63, 3.8) is 0 Å². The summed E-state index contributed by atoms with van der Waals surface area (Å²) >= 11 is 5.59. The summed E-state index contributed by atoms with van der Waals surface area (Å²) in [6, 6.07) is 6.39. The standard InChI is InChI=1S/C14H8ClF3O/c15-10-2-1-8(13(18)6-10)5-14(19)9-3-11(16)7-12(17)4-9/h1-4,6-7H,5H2. The second kappa shape index (κ2) is 5.45. The van der Waals surface area contributed by atoms with E-state index in [9.17, 15) is 18.0 Å². The number of hydrogen-bond donors (Lipinski definition) is 0. The Morgan fingerprint density at radius 2 is 1.63 bits per heavy atom. The Hall–Kier alpha value is -1.81. The molecule has 0 fully saturated rings. The van der Waals surface area contributed by atoms with Crippen LogP contribution in [0.4, 0.5) is 13.2 Å². The summed E-state index contributed by atoms with van der Waals surface area (Å²) in [4.78, 5) is 11.8. The van der Waals surface area contributed by atoms with Gasteiger partial charge in [-0.15, -0.1) is 0 Å². The first-order valence-corrected chi connectivity index (χ1v) is 5.77. The van der Waals surface area contributed by atoms with Gasteiger partial charge in [0.05, 0.1) is 0 Å². The molecule has 0 radical (unpaired) electrons. The number of halogens is 4. The van der Waals surface area contributed by atoms with Crippen LogP contribution < -0.4 is 0 Å². The summed E-state index contributed by atoms with van der Waals surface area (Å²) in [5, 5.41) is 0.213. The molecule has 0 saturated carbocycles. The average Bonchev–Trinajstić information content (AvgIpc) is 2.31. The summed E-state index contributed by atoms with van der Waals surface area (Å²) in [6.45, 7) is 0. The molecule has 0 saturated heterocycles. The molecule has 0 amide bonds. The van der Waals surface area contributed by atoms with Gasteiger partial charge in [-0.25, -0.2) is 13.2 Å². The Bertz CT molecular complexity index is 620. The monoisotopic (exact) mass is 284 g/mol. The minimum atomic E-state index is -0.847. The first-order valence-electron chi connectivity index (χ1n) is 5.39. The van der Waals surface area contributed by atoms with Gasteiger partial charge in [0.2, 0.25) is 0 Å². The molecule has 0 atom stereocenters. The van der Waals surface area contributed by atoms with Gasteiger partial charge in [0.1, 0.15) is 17.5 Å². The molecule has 0 heterocycles. The molecule has 2 aromatic carbocycles. The number of carbonyl (C=O) groups is 1. The van der Waals surface area contributed by atoms with Crippen LogP contribution in [0, 0.1) is 17.5 Å². The summed E-state index contributed by atoms with van der Waals surface area (Å²) in [5.41, 5.74) is -0.00841. The Morgan fingerprint density at radius 3 is 2.21 bits per heavy atom. The molecule has 1 nitrogen and oxygen atoms in total. The molecule has 98 valence electrons. The molecule has 0 bridgehead atoms. The van der Waals surface area contributed by atoms with Crippen LogP contribution in [-0.2, 0) is 6.42 Å². The van der Waals surface area contributed by atoms with E-state index in [4.69, 9.17) is 11.6 Å². The highest BCUT2D eigenvalue weighted by atomic mass is 35.5. The lowest BCUT2D eigenvalue weighted by Gasteiger charge is -2.04. The predicted molar refractivity (Wildman–Crippen MR) is 65.8 cm³/mol. The summed E-state index contributed by atoms with van der Waals surface area (Å²) in [5.74, 6) is -2.89. The zero-order valence-electron chi connectivity index (χ0n) is 9.59. The van der Waals surface area contributed by atoms with Gasteiger partial charge < -0.3 is 0 Å². The van der Waals surface area contributed by atoms with Gasteiger partial charge in [-0.1, -0.05) is 17.7 Å². The third-order valence-electron chi connectivity index (χ3n) is 2.55. The first kappa shape index (κ1) is 13.6. The Kier molecular flexibility index (Phi) is 3.90. The van der Waals surface area contributed by atoms with Gasteiger partial charge in [-0.3, -0.25) is 4.79 Å².